The molecule has 0 saturated carbocycles. The summed E-state index contributed by atoms with van der Waals surface area (Å²) in [5, 5.41) is 6.52. The topological polar surface area (TPSA) is 44.4 Å². The quantitative estimate of drug-likeness (QED) is 0.853. The molecule has 1 amide bonds. The van der Waals surface area contributed by atoms with E-state index in [0.717, 1.165) is 38.2 Å². The summed E-state index contributed by atoms with van der Waals surface area (Å²) in [6.07, 6.45) is 2.58. The van der Waals surface area contributed by atoms with E-state index < -0.39 is 0 Å². The number of aryl methyl sites for hydroxylation is 1. The van der Waals surface area contributed by atoms with E-state index in [9.17, 15) is 4.79 Å². The number of hydrogen-bond donors (Lipinski definition) is 2. The van der Waals surface area contributed by atoms with Crippen LogP contribution in [0.3, 0.4) is 0 Å². The predicted molar refractivity (Wildman–Crippen MR) is 76.3 cm³/mol. The molecule has 3 rings (SSSR count). The fourth-order valence-corrected chi connectivity index (χ4v) is 3.14. The molecule has 1 unspecified atom stereocenters. The van der Waals surface area contributed by atoms with Crippen molar-refractivity contribution in [2.75, 3.05) is 25.0 Å². The normalized spacial score (nSPS) is 22.7. The maximum atomic E-state index is 12.2. The minimum absolute atomic E-state index is 0.280. The molecule has 0 bridgehead atoms. The standard InChI is InChI=1S/C15H21N3O/c1-16-9-11-2-4-14-12(8-11)3-5-15(19)18(14)13-6-7-17-10-13/h2,4,8,13,16-17H,3,5-7,9-10H2,1H3. The molecule has 2 aliphatic heterocycles. The molecule has 4 nitrogen and oxygen atoms in total. The lowest BCUT2D eigenvalue weighted by Gasteiger charge is -2.34. The third kappa shape index (κ3) is 2.38. The number of rotatable bonds is 3. The van der Waals surface area contributed by atoms with E-state index in [4.69, 9.17) is 0 Å². The summed E-state index contributed by atoms with van der Waals surface area (Å²) >= 11 is 0. The molecule has 0 aliphatic carbocycles. The smallest absolute Gasteiger partial charge is 0.227 e. The van der Waals surface area contributed by atoms with Gasteiger partial charge in [0.1, 0.15) is 0 Å². The number of carbonyl (C=O) groups excluding carboxylic acids is 1. The van der Waals surface area contributed by atoms with Crippen molar-refractivity contribution < 1.29 is 4.79 Å². The van der Waals surface area contributed by atoms with Crippen LogP contribution in [0.15, 0.2) is 18.2 Å². The molecule has 0 aromatic heterocycles. The summed E-state index contributed by atoms with van der Waals surface area (Å²) in [5.41, 5.74) is 3.74. The fraction of sp³-hybridized carbons (Fsp3) is 0.533. The van der Waals surface area contributed by atoms with Crippen LogP contribution in [0.2, 0.25) is 0 Å². The molecule has 1 fully saturated rings. The number of nitrogens with one attached hydrogen (secondary N) is 2. The molecule has 2 N–H and O–H groups in total. The molecular weight excluding hydrogens is 238 g/mol. The highest BCUT2D eigenvalue weighted by Gasteiger charge is 2.31. The van der Waals surface area contributed by atoms with Gasteiger partial charge >= 0.3 is 0 Å². The van der Waals surface area contributed by atoms with Gasteiger partial charge in [0.25, 0.3) is 0 Å². The molecule has 1 aromatic rings. The van der Waals surface area contributed by atoms with Crippen LogP contribution in [0.1, 0.15) is 24.0 Å². The molecule has 1 atom stereocenters. The Labute approximate surface area is 114 Å². The van der Waals surface area contributed by atoms with Gasteiger partial charge in [-0.15, -0.1) is 0 Å². The fourth-order valence-electron chi connectivity index (χ4n) is 3.14. The summed E-state index contributed by atoms with van der Waals surface area (Å²) in [5.74, 6) is 0.280. The van der Waals surface area contributed by atoms with E-state index in [0.29, 0.717) is 12.5 Å². The Kier molecular flexibility index (Phi) is 3.53. The average Bonchev–Trinajstić information content (AvgIpc) is 2.93. The van der Waals surface area contributed by atoms with Crippen molar-refractivity contribution >= 4 is 11.6 Å². The Morgan fingerprint density at radius 2 is 2.32 bits per heavy atom. The van der Waals surface area contributed by atoms with Crippen LogP contribution in [0.25, 0.3) is 0 Å². The number of amides is 1. The van der Waals surface area contributed by atoms with Crippen LogP contribution in [0, 0.1) is 0 Å². The largest absolute Gasteiger partial charge is 0.316 e. The van der Waals surface area contributed by atoms with Gasteiger partial charge in [0.15, 0.2) is 0 Å². The third-order valence-electron chi connectivity index (χ3n) is 4.06. The number of nitrogens with zero attached hydrogens (tertiary/aromatic N) is 1. The molecule has 1 saturated heterocycles. The Morgan fingerprint density at radius 1 is 1.42 bits per heavy atom. The van der Waals surface area contributed by atoms with E-state index in [-0.39, 0.29) is 5.91 Å². The summed E-state index contributed by atoms with van der Waals surface area (Å²) < 4.78 is 0. The molecule has 1 aromatic carbocycles. The van der Waals surface area contributed by atoms with E-state index in [1.807, 2.05) is 11.9 Å². The van der Waals surface area contributed by atoms with E-state index in [2.05, 4.69) is 28.8 Å². The predicted octanol–water partition coefficient (Wildman–Crippen LogP) is 1.05. The first-order valence-electron chi connectivity index (χ1n) is 7.09. The number of carbonyl (C=O) groups is 1. The molecule has 0 radical (unpaired) electrons. The molecule has 4 heteroatoms. The Hall–Kier alpha value is -1.39. The second kappa shape index (κ2) is 5.31. The first kappa shape index (κ1) is 12.6. The highest BCUT2D eigenvalue weighted by molar-refractivity contribution is 5.97. The van der Waals surface area contributed by atoms with Crippen molar-refractivity contribution in [3.05, 3.63) is 29.3 Å². The minimum atomic E-state index is 0.280. The lowest BCUT2D eigenvalue weighted by Crippen LogP contribution is -2.44. The number of anilines is 1. The van der Waals surface area contributed by atoms with Gasteiger partial charge in [0, 0.05) is 25.2 Å². The lowest BCUT2D eigenvalue weighted by molar-refractivity contribution is -0.119. The van der Waals surface area contributed by atoms with Gasteiger partial charge in [-0.05, 0) is 43.6 Å². The maximum absolute atomic E-state index is 12.2. The van der Waals surface area contributed by atoms with E-state index >= 15 is 0 Å². The summed E-state index contributed by atoms with van der Waals surface area (Å²) in [4.78, 5) is 14.3. The second-order valence-corrected chi connectivity index (χ2v) is 5.40. The van der Waals surface area contributed by atoms with Gasteiger partial charge in [0.2, 0.25) is 5.91 Å². The first-order valence-corrected chi connectivity index (χ1v) is 7.09. The average molecular weight is 259 g/mol. The Balaban J connectivity index is 1.93. The SMILES string of the molecule is CNCc1ccc2c(c1)CCC(=O)N2C1CCNC1. The van der Waals surface area contributed by atoms with Gasteiger partial charge in [0.05, 0.1) is 6.04 Å². The maximum Gasteiger partial charge on any atom is 0.227 e. The van der Waals surface area contributed by atoms with Crippen LogP contribution in [0.5, 0.6) is 0 Å². The van der Waals surface area contributed by atoms with Gasteiger partial charge in [-0.3, -0.25) is 4.79 Å². The Bertz CT molecular complexity index is 480. The zero-order chi connectivity index (χ0) is 13.2. The van der Waals surface area contributed by atoms with Crippen molar-refractivity contribution in [1.29, 1.82) is 0 Å². The van der Waals surface area contributed by atoms with Gasteiger partial charge in [-0.2, -0.15) is 0 Å². The summed E-state index contributed by atoms with van der Waals surface area (Å²) in [6, 6.07) is 6.83. The number of hydrogen-bond acceptors (Lipinski definition) is 3. The number of fused-ring (bicyclic) bond motifs is 1. The number of benzene rings is 1. The van der Waals surface area contributed by atoms with Crippen molar-refractivity contribution in [2.45, 2.75) is 31.8 Å². The third-order valence-corrected chi connectivity index (χ3v) is 4.06. The van der Waals surface area contributed by atoms with Crippen molar-refractivity contribution in [3.8, 4) is 0 Å². The summed E-state index contributed by atoms with van der Waals surface area (Å²) in [7, 11) is 1.96. The monoisotopic (exact) mass is 259 g/mol. The molecule has 2 aliphatic rings. The molecule has 2 heterocycles. The van der Waals surface area contributed by atoms with Crippen molar-refractivity contribution in [2.24, 2.45) is 0 Å². The van der Waals surface area contributed by atoms with Crippen LogP contribution in [0.4, 0.5) is 5.69 Å². The van der Waals surface area contributed by atoms with Crippen molar-refractivity contribution in [1.82, 2.24) is 10.6 Å². The zero-order valence-corrected chi connectivity index (χ0v) is 11.4. The van der Waals surface area contributed by atoms with E-state index in [1.54, 1.807) is 0 Å². The molecule has 102 valence electrons. The summed E-state index contributed by atoms with van der Waals surface area (Å²) in [6.45, 7) is 2.82. The highest BCUT2D eigenvalue weighted by atomic mass is 16.2. The van der Waals surface area contributed by atoms with Crippen LogP contribution in [-0.2, 0) is 17.8 Å². The Morgan fingerprint density at radius 3 is 3.05 bits per heavy atom. The minimum Gasteiger partial charge on any atom is -0.316 e. The van der Waals surface area contributed by atoms with Crippen molar-refractivity contribution in [3.63, 3.8) is 0 Å². The first-order chi connectivity index (χ1) is 9.29. The van der Waals surface area contributed by atoms with Gasteiger partial charge in [-0.1, -0.05) is 12.1 Å². The molecule has 19 heavy (non-hydrogen) atoms. The van der Waals surface area contributed by atoms with E-state index in [1.165, 1.54) is 11.1 Å². The lowest BCUT2D eigenvalue weighted by atomic mass is 9.97. The van der Waals surface area contributed by atoms with Gasteiger partial charge < -0.3 is 15.5 Å². The van der Waals surface area contributed by atoms with Crippen LogP contribution >= 0.6 is 0 Å². The highest BCUT2D eigenvalue weighted by Crippen LogP contribution is 2.31. The van der Waals surface area contributed by atoms with Crippen LogP contribution < -0.4 is 15.5 Å². The van der Waals surface area contributed by atoms with Gasteiger partial charge in [-0.25, -0.2) is 0 Å². The molecular formula is C15H21N3O. The zero-order valence-electron chi connectivity index (χ0n) is 11.4. The second-order valence-electron chi connectivity index (χ2n) is 5.40. The molecule has 0 spiro atoms. The van der Waals surface area contributed by atoms with Crippen LogP contribution in [-0.4, -0.2) is 32.1 Å².